The van der Waals surface area contributed by atoms with E-state index in [4.69, 9.17) is 4.74 Å². The molecule has 0 N–H and O–H groups in total. The molecule has 192 valence electrons. The van der Waals surface area contributed by atoms with Crippen LogP contribution in [-0.2, 0) is 6.42 Å². The highest BCUT2D eigenvalue weighted by Gasteiger charge is 2.22. The van der Waals surface area contributed by atoms with Crippen LogP contribution in [0.25, 0.3) is 11.4 Å². The van der Waals surface area contributed by atoms with Gasteiger partial charge in [0.2, 0.25) is 0 Å². The molecule has 0 spiro atoms. The fourth-order valence-corrected chi connectivity index (χ4v) is 6.22. The molecular weight excluding hydrogens is 428 g/mol. The van der Waals surface area contributed by atoms with E-state index in [2.05, 4.69) is 48.1 Å². The molecule has 0 radical (unpaired) electrons. The molecule has 1 aromatic heterocycles. The maximum Gasteiger partial charge on any atom is 0.159 e. The second-order valence-electron chi connectivity index (χ2n) is 11.5. The van der Waals surface area contributed by atoms with Crippen LogP contribution in [0.5, 0.6) is 5.75 Å². The number of ether oxygens (including phenoxy) is 1. The van der Waals surface area contributed by atoms with Gasteiger partial charge in [-0.25, -0.2) is 9.97 Å². The Morgan fingerprint density at radius 1 is 0.714 bits per heavy atom. The molecule has 1 heterocycles. The van der Waals surface area contributed by atoms with Crippen LogP contribution in [0.2, 0.25) is 0 Å². The van der Waals surface area contributed by atoms with Crippen LogP contribution in [0.15, 0.2) is 36.7 Å². The lowest BCUT2D eigenvalue weighted by atomic mass is 9.79. The summed E-state index contributed by atoms with van der Waals surface area (Å²) in [7, 11) is 0. The average Bonchev–Trinajstić information content (AvgIpc) is 2.92. The normalized spacial score (nSPS) is 24.9. The summed E-state index contributed by atoms with van der Waals surface area (Å²) >= 11 is 0. The molecule has 2 aliphatic rings. The van der Waals surface area contributed by atoms with Crippen LogP contribution >= 0.6 is 0 Å². The van der Waals surface area contributed by atoms with E-state index in [0.717, 1.165) is 53.8 Å². The van der Waals surface area contributed by atoms with Crippen LogP contribution in [0.1, 0.15) is 109 Å². The summed E-state index contributed by atoms with van der Waals surface area (Å²) in [5, 5.41) is 0. The first kappa shape index (κ1) is 26.2. The monoisotopic (exact) mass is 476 g/mol. The highest BCUT2D eigenvalue weighted by molar-refractivity contribution is 5.55. The maximum atomic E-state index is 6.15. The number of unbranched alkanes of at least 4 members (excludes halogenated alkanes) is 2. The lowest BCUT2D eigenvalue weighted by molar-refractivity contribution is 0.177. The van der Waals surface area contributed by atoms with Gasteiger partial charge in [-0.3, -0.25) is 0 Å². The van der Waals surface area contributed by atoms with Crippen molar-refractivity contribution in [3.05, 3.63) is 42.2 Å². The van der Waals surface area contributed by atoms with Gasteiger partial charge in [0.25, 0.3) is 0 Å². The number of hydrogen-bond acceptors (Lipinski definition) is 3. The third kappa shape index (κ3) is 8.33. The Kier molecular flexibility index (Phi) is 10.5. The van der Waals surface area contributed by atoms with E-state index in [1.165, 1.54) is 95.5 Å². The molecule has 0 atom stereocenters. The highest BCUT2D eigenvalue weighted by Crippen LogP contribution is 2.34. The molecule has 3 heteroatoms. The summed E-state index contributed by atoms with van der Waals surface area (Å²) in [4.78, 5) is 9.34. The van der Waals surface area contributed by atoms with Gasteiger partial charge in [-0.05, 0) is 79.2 Å². The quantitative estimate of drug-likeness (QED) is 0.287. The molecule has 35 heavy (non-hydrogen) atoms. The molecule has 2 saturated carbocycles. The van der Waals surface area contributed by atoms with Crippen molar-refractivity contribution in [2.75, 3.05) is 6.61 Å². The van der Waals surface area contributed by atoms with Gasteiger partial charge < -0.3 is 4.74 Å². The molecule has 4 rings (SSSR count). The van der Waals surface area contributed by atoms with Crippen LogP contribution in [-0.4, -0.2) is 16.6 Å². The van der Waals surface area contributed by atoms with Crippen LogP contribution in [0.3, 0.4) is 0 Å². The lowest BCUT2D eigenvalue weighted by Gasteiger charge is -2.28. The number of rotatable bonds is 12. The van der Waals surface area contributed by atoms with Gasteiger partial charge in [0.15, 0.2) is 5.82 Å². The fraction of sp³-hybridized carbons (Fsp3) is 0.688. The molecule has 0 saturated heterocycles. The molecule has 2 aromatic rings. The van der Waals surface area contributed by atoms with Gasteiger partial charge >= 0.3 is 0 Å². The molecule has 2 aliphatic carbocycles. The molecule has 0 bridgehead atoms. The zero-order valence-electron chi connectivity index (χ0n) is 22.4. The van der Waals surface area contributed by atoms with Crippen molar-refractivity contribution in [1.29, 1.82) is 0 Å². The smallest absolute Gasteiger partial charge is 0.159 e. The van der Waals surface area contributed by atoms with Gasteiger partial charge in [-0.15, -0.1) is 0 Å². The number of aromatic nitrogens is 2. The first-order chi connectivity index (χ1) is 17.2. The SMILES string of the molecule is CCCCCC1CCC(COc2ccc(-c3ncc(CCC4CCC(CC)CC4)cn3)cc2)CC1. The Morgan fingerprint density at radius 3 is 1.94 bits per heavy atom. The Labute approximate surface area is 214 Å². The molecular formula is C32H48N2O. The van der Waals surface area contributed by atoms with Gasteiger partial charge in [-0.1, -0.05) is 84.5 Å². The predicted octanol–water partition coefficient (Wildman–Crippen LogP) is 9.06. The minimum Gasteiger partial charge on any atom is -0.493 e. The van der Waals surface area contributed by atoms with Crippen LogP contribution in [0, 0.1) is 23.7 Å². The Bertz CT molecular complexity index is 831. The van der Waals surface area contributed by atoms with Crippen molar-refractivity contribution in [3.63, 3.8) is 0 Å². The summed E-state index contributed by atoms with van der Waals surface area (Å²) in [6.45, 7) is 5.49. The van der Waals surface area contributed by atoms with Gasteiger partial charge in [0.1, 0.15) is 5.75 Å². The zero-order chi connectivity index (χ0) is 24.3. The minimum absolute atomic E-state index is 0.717. The Hall–Kier alpha value is -1.90. The summed E-state index contributed by atoms with van der Waals surface area (Å²) < 4.78 is 6.15. The number of aryl methyl sites for hydroxylation is 1. The summed E-state index contributed by atoms with van der Waals surface area (Å²) in [5.41, 5.74) is 2.33. The number of hydrogen-bond donors (Lipinski definition) is 0. The maximum absolute atomic E-state index is 6.15. The van der Waals surface area contributed by atoms with E-state index in [0.29, 0.717) is 0 Å². The Morgan fingerprint density at radius 2 is 1.31 bits per heavy atom. The van der Waals surface area contributed by atoms with Crippen molar-refractivity contribution in [2.45, 2.75) is 110 Å². The standard InChI is InChI=1S/C32H48N2O/c1-3-5-6-7-26-12-15-28(16-13-26)24-35-31-20-18-30(19-21-31)32-33-22-29(23-34-32)17-14-27-10-8-25(4-2)9-11-27/h18-23,25-28H,3-17,24H2,1-2H3. The highest BCUT2D eigenvalue weighted by atomic mass is 16.5. The van der Waals surface area contributed by atoms with Crippen molar-refractivity contribution in [3.8, 4) is 17.1 Å². The third-order valence-corrected chi connectivity index (χ3v) is 8.87. The van der Waals surface area contributed by atoms with Gasteiger partial charge in [-0.2, -0.15) is 0 Å². The topological polar surface area (TPSA) is 35.0 Å². The van der Waals surface area contributed by atoms with E-state index in [1.54, 1.807) is 0 Å². The minimum atomic E-state index is 0.717. The Balaban J connectivity index is 1.17. The van der Waals surface area contributed by atoms with E-state index >= 15 is 0 Å². The number of benzene rings is 1. The fourth-order valence-electron chi connectivity index (χ4n) is 6.22. The second kappa shape index (κ2) is 14.0. The molecule has 0 amide bonds. The van der Waals surface area contributed by atoms with E-state index in [1.807, 2.05) is 12.4 Å². The van der Waals surface area contributed by atoms with Crippen molar-refractivity contribution >= 4 is 0 Å². The molecule has 2 fully saturated rings. The third-order valence-electron chi connectivity index (χ3n) is 8.87. The van der Waals surface area contributed by atoms with Gasteiger partial charge in [0, 0.05) is 18.0 Å². The first-order valence-corrected chi connectivity index (χ1v) is 14.8. The lowest BCUT2D eigenvalue weighted by Crippen LogP contribution is -2.20. The van der Waals surface area contributed by atoms with Crippen molar-refractivity contribution in [2.24, 2.45) is 23.7 Å². The van der Waals surface area contributed by atoms with E-state index in [9.17, 15) is 0 Å². The zero-order valence-corrected chi connectivity index (χ0v) is 22.4. The number of nitrogens with zero attached hydrogens (tertiary/aromatic N) is 2. The van der Waals surface area contributed by atoms with Crippen LogP contribution in [0.4, 0.5) is 0 Å². The molecule has 0 aliphatic heterocycles. The molecule has 1 aromatic carbocycles. The second-order valence-corrected chi connectivity index (χ2v) is 11.5. The predicted molar refractivity (Wildman–Crippen MR) is 147 cm³/mol. The summed E-state index contributed by atoms with van der Waals surface area (Å²) in [6, 6.07) is 8.35. The van der Waals surface area contributed by atoms with Crippen molar-refractivity contribution in [1.82, 2.24) is 9.97 Å². The average molecular weight is 477 g/mol. The van der Waals surface area contributed by atoms with Crippen LogP contribution < -0.4 is 4.74 Å². The largest absolute Gasteiger partial charge is 0.493 e. The van der Waals surface area contributed by atoms with Crippen molar-refractivity contribution < 1.29 is 4.74 Å². The molecule has 3 nitrogen and oxygen atoms in total. The van der Waals surface area contributed by atoms with Gasteiger partial charge in [0.05, 0.1) is 6.61 Å². The first-order valence-electron chi connectivity index (χ1n) is 14.8. The van der Waals surface area contributed by atoms with E-state index < -0.39 is 0 Å². The summed E-state index contributed by atoms with van der Waals surface area (Å²) in [5.74, 6) is 5.33. The molecule has 0 unspecified atom stereocenters. The summed E-state index contributed by atoms with van der Waals surface area (Å²) in [6.07, 6.45) is 24.5. The van der Waals surface area contributed by atoms with E-state index in [-0.39, 0.29) is 0 Å².